The van der Waals surface area contributed by atoms with Crippen LogP contribution >= 0.6 is 23.2 Å². The number of hydrogen-bond acceptors (Lipinski definition) is 6. The average molecular weight is 599 g/mol. The number of nitrogens with zero attached hydrogens (tertiary/aromatic N) is 3. The molecule has 8 nitrogen and oxygen atoms in total. The average Bonchev–Trinajstić information content (AvgIpc) is 3.66. The molecule has 11 heteroatoms. The van der Waals surface area contributed by atoms with Crippen LogP contribution < -0.4 is 5.73 Å². The van der Waals surface area contributed by atoms with E-state index in [1.54, 1.807) is 37.3 Å². The summed E-state index contributed by atoms with van der Waals surface area (Å²) < 4.78 is 23.1. The molecule has 6 rings (SSSR count). The zero-order chi connectivity index (χ0) is 29.2. The summed E-state index contributed by atoms with van der Waals surface area (Å²) in [5, 5.41) is 12.2. The van der Waals surface area contributed by atoms with Crippen molar-refractivity contribution in [3.8, 4) is 0 Å². The van der Waals surface area contributed by atoms with E-state index in [1.807, 2.05) is 0 Å². The van der Waals surface area contributed by atoms with Gasteiger partial charge in [-0.2, -0.15) is 0 Å². The fourth-order valence-electron chi connectivity index (χ4n) is 5.85. The molecule has 41 heavy (non-hydrogen) atoms. The molecule has 3 aromatic rings. The van der Waals surface area contributed by atoms with Crippen LogP contribution in [-0.2, 0) is 27.4 Å². The number of rotatable bonds is 9. The Morgan fingerprint density at radius 2 is 1.83 bits per heavy atom. The summed E-state index contributed by atoms with van der Waals surface area (Å²) in [7, 11) is 0. The maximum atomic E-state index is 16.5. The second-order valence-corrected chi connectivity index (χ2v) is 12.3. The molecule has 0 saturated heterocycles. The predicted molar refractivity (Wildman–Crippen MR) is 149 cm³/mol. The molecule has 214 valence electrons. The SMILES string of the molecule is CC(O)(c1cc(F)c2c(c1)C(=O)N(Cc1ncc(Cl)cn1)[C@@]2(OCC1(C(N)=O)CC1)c1ccc(Cl)cc1)C1CCC1. The van der Waals surface area contributed by atoms with Gasteiger partial charge in [-0.05, 0) is 68.4 Å². The maximum Gasteiger partial charge on any atom is 0.257 e. The molecule has 2 fully saturated rings. The van der Waals surface area contributed by atoms with Gasteiger partial charge in [0.15, 0.2) is 5.72 Å². The Kier molecular flexibility index (Phi) is 6.85. The van der Waals surface area contributed by atoms with Gasteiger partial charge in [0.05, 0.1) is 40.3 Å². The normalized spacial score (nSPS) is 22.7. The van der Waals surface area contributed by atoms with Crippen molar-refractivity contribution in [1.82, 2.24) is 14.9 Å². The van der Waals surface area contributed by atoms with Crippen molar-refractivity contribution in [1.29, 1.82) is 0 Å². The van der Waals surface area contributed by atoms with Gasteiger partial charge in [-0.1, -0.05) is 41.8 Å². The number of hydrogen-bond donors (Lipinski definition) is 2. The van der Waals surface area contributed by atoms with E-state index in [9.17, 15) is 14.7 Å². The van der Waals surface area contributed by atoms with Crippen LogP contribution in [0.15, 0.2) is 48.8 Å². The van der Waals surface area contributed by atoms with Gasteiger partial charge >= 0.3 is 0 Å². The molecule has 2 saturated carbocycles. The van der Waals surface area contributed by atoms with Crippen LogP contribution in [0.25, 0.3) is 0 Å². The van der Waals surface area contributed by atoms with Gasteiger partial charge in [0.25, 0.3) is 5.91 Å². The molecule has 0 bridgehead atoms. The van der Waals surface area contributed by atoms with Crippen LogP contribution in [0.2, 0.25) is 10.0 Å². The second-order valence-electron chi connectivity index (χ2n) is 11.4. The third-order valence-electron chi connectivity index (χ3n) is 8.91. The van der Waals surface area contributed by atoms with Gasteiger partial charge in [-0.3, -0.25) is 14.5 Å². The summed E-state index contributed by atoms with van der Waals surface area (Å²) in [5.74, 6) is -1.58. The number of aliphatic hydroxyl groups is 1. The first-order valence-electron chi connectivity index (χ1n) is 13.5. The fourth-order valence-corrected chi connectivity index (χ4v) is 6.07. The lowest BCUT2D eigenvalue weighted by molar-refractivity contribution is -0.142. The first-order chi connectivity index (χ1) is 19.5. The second kappa shape index (κ2) is 10.0. The lowest BCUT2D eigenvalue weighted by Crippen LogP contribution is -2.48. The van der Waals surface area contributed by atoms with Crippen molar-refractivity contribution in [2.24, 2.45) is 17.1 Å². The zero-order valence-corrected chi connectivity index (χ0v) is 23.9. The van der Waals surface area contributed by atoms with Crippen LogP contribution in [0.5, 0.6) is 0 Å². The molecule has 2 amide bonds. The Balaban J connectivity index is 1.55. The van der Waals surface area contributed by atoms with E-state index in [1.165, 1.54) is 23.4 Å². The summed E-state index contributed by atoms with van der Waals surface area (Å²) in [6.45, 7) is 1.35. The molecular weight excluding hydrogens is 570 g/mol. The Labute approximate surface area is 246 Å². The van der Waals surface area contributed by atoms with Crippen molar-refractivity contribution < 1.29 is 23.8 Å². The molecule has 2 heterocycles. The maximum absolute atomic E-state index is 16.5. The van der Waals surface area contributed by atoms with Crippen molar-refractivity contribution in [3.05, 3.63) is 92.7 Å². The highest BCUT2D eigenvalue weighted by Crippen LogP contribution is 2.53. The van der Waals surface area contributed by atoms with Gasteiger partial charge in [0.1, 0.15) is 11.6 Å². The van der Waals surface area contributed by atoms with Gasteiger partial charge in [0, 0.05) is 23.0 Å². The zero-order valence-electron chi connectivity index (χ0n) is 22.4. The lowest BCUT2D eigenvalue weighted by atomic mass is 9.70. The van der Waals surface area contributed by atoms with Crippen LogP contribution in [0.4, 0.5) is 4.39 Å². The number of carbonyl (C=O) groups excluding carboxylic acids is 2. The molecule has 3 aliphatic rings. The van der Waals surface area contributed by atoms with E-state index in [0.29, 0.717) is 34.0 Å². The molecular formula is C30H29Cl2FN4O4. The van der Waals surface area contributed by atoms with Gasteiger partial charge < -0.3 is 15.6 Å². The molecule has 0 radical (unpaired) electrons. The van der Waals surface area contributed by atoms with Crippen molar-refractivity contribution in [3.63, 3.8) is 0 Å². The van der Waals surface area contributed by atoms with E-state index >= 15 is 4.39 Å². The minimum absolute atomic E-state index is 0.0211. The third kappa shape index (κ3) is 4.59. The molecule has 2 aliphatic carbocycles. The minimum Gasteiger partial charge on any atom is -0.385 e. The topological polar surface area (TPSA) is 119 Å². The Morgan fingerprint density at radius 3 is 2.39 bits per heavy atom. The number of halogens is 3. The molecule has 3 N–H and O–H groups in total. The molecule has 0 spiro atoms. The van der Waals surface area contributed by atoms with Gasteiger partial charge in [-0.15, -0.1) is 0 Å². The van der Waals surface area contributed by atoms with E-state index in [4.69, 9.17) is 33.7 Å². The first kappa shape index (κ1) is 28.0. The fraction of sp³-hybridized carbons (Fsp3) is 0.400. The number of carbonyl (C=O) groups is 2. The summed E-state index contributed by atoms with van der Waals surface area (Å²) in [6.07, 6.45) is 6.46. The number of primary amides is 1. The van der Waals surface area contributed by atoms with Crippen molar-refractivity contribution >= 4 is 35.0 Å². The number of fused-ring (bicyclic) bond motifs is 1. The Hall–Kier alpha value is -3.11. The lowest BCUT2D eigenvalue weighted by Gasteiger charge is -2.40. The highest BCUT2D eigenvalue weighted by Gasteiger charge is 2.58. The summed E-state index contributed by atoms with van der Waals surface area (Å²) in [6, 6.07) is 9.38. The van der Waals surface area contributed by atoms with E-state index in [2.05, 4.69) is 9.97 Å². The molecule has 1 aliphatic heterocycles. The van der Waals surface area contributed by atoms with E-state index in [0.717, 1.165) is 19.3 Å². The summed E-state index contributed by atoms with van der Waals surface area (Å²) >= 11 is 12.2. The van der Waals surface area contributed by atoms with E-state index < -0.39 is 34.4 Å². The molecule has 2 aromatic carbocycles. The van der Waals surface area contributed by atoms with Crippen LogP contribution in [0.1, 0.15) is 71.9 Å². The number of aromatic nitrogens is 2. The predicted octanol–water partition coefficient (Wildman–Crippen LogP) is 5.07. The number of benzene rings is 2. The third-order valence-corrected chi connectivity index (χ3v) is 9.36. The first-order valence-corrected chi connectivity index (χ1v) is 14.3. The highest BCUT2D eigenvalue weighted by atomic mass is 35.5. The molecule has 2 atom stereocenters. The summed E-state index contributed by atoms with van der Waals surface area (Å²) in [4.78, 5) is 36.5. The van der Waals surface area contributed by atoms with Crippen LogP contribution in [0, 0.1) is 17.2 Å². The van der Waals surface area contributed by atoms with Crippen molar-refractivity contribution in [2.45, 2.75) is 56.9 Å². The Morgan fingerprint density at radius 1 is 1.17 bits per heavy atom. The standard InChI is InChI=1S/C30H29Cl2FN4O4/c1-28(40,17-3-2-4-17)19-11-22-25(23(33)12-19)30(18-5-7-20(31)8-6-18,41-16-29(9-10-29)27(34)39)37(26(22)38)15-24-35-13-21(32)14-36-24/h5-8,11-14,17,40H,2-4,9-10,15-16H2,1H3,(H2,34,39)/t28?,30-/m1/s1. The largest absolute Gasteiger partial charge is 0.385 e. The minimum atomic E-state index is -1.81. The highest BCUT2D eigenvalue weighted by molar-refractivity contribution is 6.30. The smallest absolute Gasteiger partial charge is 0.257 e. The number of ether oxygens (including phenoxy) is 1. The Bertz CT molecular complexity index is 1520. The van der Waals surface area contributed by atoms with E-state index in [-0.39, 0.29) is 36.0 Å². The van der Waals surface area contributed by atoms with Crippen LogP contribution in [-0.4, -0.2) is 38.4 Å². The quantitative estimate of drug-likeness (QED) is 0.355. The monoisotopic (exact) mass is 598 g/mol. The van der Waals surface area contributed by atoms with Crippen LogP contribution in [0.3, 0.4) is 0 Å². The summed E-state index contributed by atoms with van der Waals surface area (Å²) in [5.41, 5.74) is 2.42. The van der Waals surface area contributed by atoms with Gasteiger partial charge in [0.2, 0.25) is 5.91 Å². The molecule has 1 aromatic heterocycles. The van der Waals surface area contributed by atoms with Gasteiger partial charge in [-0.25, -0.2) is 14.4 Å². The number of nitrogens with two attached hydrogens (primary N) is 1. The number of amides is 2. The molecule has 1 unspecified atom stereocenters. The van der Waals surface area contributed by atoms with Crippen molar-refractivity contribution in [2.75, 3.05) is 6.61 Å².